The molecule has 0 amide bonds. The summed E-state index contributed by atoms with van der Waals surface area (Å²) in [5, 5.41) is 0. The van der Waals surface area contributed by atoms with Crippen LogP contribution >= 0.6 is 0 Å². The number of alkyl halides is 6. The quantitative estimate of drug-likeness (QED) is 0.487. The predicted octanol–water partition coefficient (Wildman–Crippen LogP) is 3.70. The average Bonchev–Trinajstić information content (AvgIpc) is 2.12. The number of ether oxygens (including phenoxy) is 1. The highest BCUT2D eigenvalue weighted by Crippen LogP contribution is 2.42. The van der Waals surface area contributed by atoms with Gasteiger partial charge in [0.1, 0.15) is 0 Å². The van der Waals surface area contributed by atoms with Gasteiger partial charge >= 0.3 is 18.1 Å². The first-order valence-corrected chi connectivity index (χ1v) is 5.12. The Bertz CT molecular complexity index is 362. The second-order valence-electron chi connectivity index (χ2n) is 4.28. The van der Waals surface area contributed by atoms with Crippen molar-refractivity contribution in [3.8, 4) is 0 Å². The summed E-state index contributed by atoms with van der Waals surface area (Å²) >= 11 is 0. The smallest absolute Gasteiger partial charge is 0.340 e. The molecule has 0 fully saturated rings. The monoisotopic (exact) mass is 291 g/mol. The molecule has 8 heteroatoms. The van der Waals surface area contributed by atoms with Crippen molar-refractivity contribution in [1.29, 1.82) is 0 Å². The van der Waals surface area contributed by atoms with Crippen molar-refractivity contribution in [3.63, 3.8) is 0 Å². The van der Waals surface area contributed by atoms with E-state index in [0.717, 1.165) is 0 Å². The second kappa shape index (κ2) is 5.54. The highest BCUT2D eigenvalue weighted by atomic mass is 19.4. The first kappa shape index (κ1) is 18.0. The largest absolute Gasteiger partial charge is 0.440 e. The standard InChI is InChI=1S/C11H15F6NO/c1-6(2)8(7(3)4)5-19-9(18,10(12,13)14)11(15,16)17/h1,5,18H2,2-4H3. The van der Waals surface area contributed by atoms with E-state index in [0.29, 0.717) is 11.1 Å². The third kappa shape index (κ3) is 3.97. The zero-order valence-corrected chi connectivity index (χ0v) is 10.7. The molecule has 0 spiro atoms. The second-order valence-corrected chi connectivity index (χ2v) is 4.28. The molecule has 2 N–H and O–H groups in total. The molecule has 0 saturated carbocycles. The molecule has 0 aromatic rings. The first-order valence-electron chi connectivity index (χ1n) is 5.12. The molecule has 112 valence electrons. The molecule has 0 rings (SSSR count). The van der Waals surface area contributed by atoms with Crippen LogP contribution in [-0.4, -0.2) is 24.7 Å². The molecular formula is C11H15F6NO. The predicted molar refractivity (Wildman–Crippen MR) is 58.2 cm³/mol. The van der Waals surface area contributed by atoms with Gasteiger partial charge in [0.25, 0.3) is 0 Å². The Morgan fingerprint density at radius 2 is 1.37 bits per heavy atom. The Hall–Kier alpha value is -1.02. The van der Waals surface area contributed by atoms with Gasteiger partial charge < -0.3 is 4.74 Å². The number of halogens is 6. The lowest BCUT2D eigenvalue weighted by molar-refractivity contribution is -0.377. The summed E-state index contributed by atoms with van der Waals surface area (Å²) in [4.78, 5) is 0. The molecular weight excluding hydrogens is 276 g/mol. The summed E-state index contributed by atoms with van der Waals surface area (Å²) in [5.74, 6) is 0. The molecule has 0 unspecified atom stereocenters. The van der Waals surface area contributed by atoms with Gasteiger partial charge in [-0.1, -0.05) is 17.7 Å². The van der Waals surface area contributed by atoms with Crippen molar-refractivity contribution in [2.24, 2.45) is 5.73 Å². The third-order valence-electron chi connectivity index (χ3n) is 2.41. The highest BCUT2D eigenvalue weighted by Gasteiger charge is 2.70. The first-order chi connectivity index (χ1) is 8.24. The lowest BCUT2D eigenvalue weighted by Crippen LogP contribution is -2.65. The molecule has 0 aromatic heterocycles. The van der Waals surface area contributed by atoms with E-state index >= 15 is 0 Å². The fraction of sp³-hybridized carbons (Fsp3) is 0.636. The highest BCUT2D eigenvalue weighted by molar-refractivity contribution is 5.30. The average molecular weight is 291 g/mol. The van der Waals surface area contributed by atoms with Crippen LogP contribution in [0.3, 0.4) is 0 Å². The number of rotatable bonds is 4. The van der Waals surface area contributed by atoms with Crippen molar-refractivity contribution in [3.05, 3.63) is 23.3 Å². The molecule has 2 nitrogen and oxygen atoms in total. The number of allylic oxidation sites excluding steroid dienone is 1. The van der Waals surface area contributed by atoms with Crippen molar-refractivity contribution >= 4 is 0 Å². The summed E-state index contributed by atoms with van der Waals surface area (Å²) in [5.41, 5.74) is 0.645. The summed E-state index contributed by atoms with van der Waals surface area (Å²) in [6, 6.07) is 0. The lowest BCUT2D eigenvalue weighted by Gasteiger charge is -2.33. The van der Waals surface area contributed by atoms with Gasteiger partial charge in [-0.15, -0.1) is 0 Å². The van der Waals surface area contributed by atoms with Crippen LogP contribution in [0.25, 0.3) is 0 Å². The van der Waals surface area contributed by atoms with Crippen LogP contribution < -0.4 is 5.73 Å². The minimum Gasteiger partial charge on any atom is -0.340 e. The van der Waals surface area contributed by atoms with Crippen molar-refractivity contribution in [2.75, 3.05) is 6.61 Å². The van der Waals surface area contributed by atoms with Gasteiger partial charge in [0.05, 0.1) is 6.61 Å². The summed E-state index contributed by atoms with van der Waals surface area (Å²) in [6.45, 7) is 7.03. The Labute approximate surface area is 106 Å². The van der Waals surface area contributed by atoms with Gasteiger partial charge in [-0.25, -0.2) is 0 Å². The summed E-state index contributed by atoms with van der Waals surface area (Å²) in [6.07, 6.45) is -11.5. The molecule has 0 radical (unpaired) electrons. The van der Waals surface area contributed by atoms with E-state index in [1.165, 1.54) is 20.8 Å². The maximum absolute atomic E-state index is 12.4. The SMILES string of the molecule is C=C(C)C(COC(N)(C(F)(F)F)C(F)(F)F)=C(C)C. The van der Waals surface area contributed by atoms with Gasteiger partial charge in [0.2, 0.25) is 0 Å². The summed E-state index contributed by atoms with van der Waals surface area (Å²) in [7, 11) is 0. The van der Waals surface area contributed by atoms with Crippen molar-refractivity contribution in [2.45, 2.75) is 38.8 Å². The maximum atomic E-state index is 12.4. The molecule has 0 heterocycles. The molecule has 0 aliphatic rings. The van der Waals surface area contributed by atoms with Crippen molar-refractivity contribution < 1.29 is 31.1 Å². The number of hydrogen-bond donors (Lipinski definition) is 1. The van der Waals surface area contributed by atoms with E-state index < -0.39 is 24.7 Å². The van der Waals surface area contributed by atoms with Gasteiger partial charge in [0.15, 0.2) is 0 Å². The summed E-state index contributed by atoms with van der Waals surface area (Å²) < 4.78 is 78.6. The molecule has 0 bridgehead atoms. The molecule has 0 aliphatic heterocycles. The van der Waals surface area contributed by atoms with Crippen LogP contribution in [0.2, 0.25) is 0 Å². The van der Waals surface area contributed by atoms with Gasteiger partial charge in [-0.05, 0) is 26.3 Å². The Balaban J connectivity index is 5.32. The molecule has 19 heavy (non-hydrogen) atoms. The molecule has 0 saturated heterocycles. The van der Waals surface area contributed by atoms with E-state index in [2.05, 4.69) is 17.0 Å². The zero-order valence-electron chi connectivity index (χ0n) is 10.7. The number of nitrogens with two attached hydrogens (primary N) is 1. The minimum atomic E-state index is -5.77. The van der Waals surface area contributed by atoms with Crippen LogP contribution in [0.4, 0.5) is 26.3 Å². The van der Waals surface area contributed by atoms with Crippen LogP contribution in [-0.2, 0) is 4.74 Å². The lowest BCUT2D eigenvalue weighted by atomic mass is 10.1. The van der Waals surface area contributed by atoms with Gasteiger partial charge in [-0.2, -0.15) is 26.3 Å². The zero-order chi connectivity index (χ0) is 15.6. The van der Waals surface area contributed by atoms with Crippen molar-refractivity contribution in [1.82, 2.24) is 0 Å². The van der Waals surface area contributed by atoms with Crippen LogP contribution in [0.15, 0.2) is 23.3 Å². The third-order valence-corrected chi connectivity index (χ3v) is 2.41. The number of hydrogen-bond acceptors (Lipinski definition) is 2. The van der Waals surface area contributed by atoms with E-state index in [4.69, 9.17) is 0 Å². The fourth-order valence-corrected chi connectivity index (χ4v) is 1.20. The Morgan fingerprint density at radius 3 is 1.58 bits per heavy atom. The Kier molecular flexibility index (Phi) is 5.24. The molecule has 0 atom stereocenters. The molecule has 0 aromatic carbocycles. The van der Waals surface area contributed by atoms with Crippen LogP contribution in [0.1, 0.15) is 20.8 Å². The fourth-order valence-electron chi connectivity index (χ4n) is 1.20. The van der Waals surface area contributed by atoms with Crippen LogP contribution in [0.5, 0.6) is 0 Å². The van der Waals surface area contributed by atoms with E-state index in [-0.39, 0.29) is 5.57 Å². The normalized spacial score (nSPS) is 13.4. The topological polar surface area (TPSA) is 35.2 Å². The van der Waals surface area contributed by atoms with E-state index in [9.17, 15) is 26.3 Å². The molecule has 0 aliphatic carbocycles. The van der Waals surface area contributed by atoms with E-state index in [1.807, 2.05) is 0 Å². The van der Waals surface area contributed by atoms with E-state index in [1.54, 1.807) is 0 Å². The van der Waals surface area contributed by atoms with Crippen LogP contribution in [0, 0.1) is 0 Å². The maximum Gasteiger partial charge on any atom is 0.440 e. The Morgan fingerprint density at radius 1 is 1.00 bits per heavy atom. The van der Waals surface area contributed by atoms with Gasteiger partial charge in [0, 0.05) is 0 Å². The minimum absolute atomic E-state index is 0.156. The van der Waals surface area contributed by atoms with Gasteiger partial charge in [-0.3, -0.25) is 5.73 Å².